The van der Waals surface area contributed by atoms with Crippen molar-refractivity contribution < 1.29 is 14.5 Å². The number of amides is 2. The Kier molecular flexibility index (Phi) is 10.3. The molecule has 3 aromatic rings. The third-order valence-electron chi connectivity index (χ3n) is 5.51. The number of halogens is 1. The Morgan fingerprint density at radius 1 is 1.00 bits per heavy atom. The molecular weight excluding hydrogens is 498 g/mol. The Labute approximate surface area is 220 Å². The van der Waals surface area contributed by atoms with Crippen molar-refractivity contribution in [2.45, 2.75) is 31.7 Å². The van der Waals surface area contributed by atoms with Crippen molar-refractivity contribution in [1.29, 1.82) is 0 Å². The van der Waals surface area contributed by atoms with Crippen LogP contribution in [0.2, 0.25) is 5.02 Å². The first-order chi connectivity index (χ1) is 17.4. The third-order valence-corrected chi connectivity index (χ3v) is 6.73. The molecule has 0 radical (unpaired) electrons. The molecule has 0 heterocycles. The number of hydrogen-bond donors (Lipinski definition) is 1. The summed E-state index contributed by atoms with van der Waals surface area (Å²) in [5.74, 6) is 0.285. The fourth-order valence-electron chi connectivity index (χ4n) is 3.73. The fourth-order valence-corrected chi connectivity index (χ4v) is 4.81. The highest BCUT2D eigenvalue weighted by Gasteiger charge is 2.30. The average Bonchev–Trinajstić information content (AvgIpc) is 2.87. The lowest BCUT2D eigenvalue weighted by Crippen LogP contribution is -2.51. The second kappa shape index (κ2) is 13.7. The average molecular weight is 526 g/mol. The Hall–Kier alpha value is -3.36. The van der Waals surface area contributed by atoms with Crippen LogP contribution in [0.1, 0.15) is 23.6 Å². The summed E-state index contributed by atoms with van der Waals surface area (Å²) in [5, 5.41) is 14.3. The van der Waals surface area contributed by atoms with Gasteiger partial charge in [-0.25, -0.2) is 0 Å². The van der Waals surface area contributed by atoms with E-state index in [2.05, 4.69) is 5.32 Å². The van der Waals surface area contributed by atoms with Crippen molar-refractivity contribution >= 4 is 40.9 Å². The first kappa shape index (κ1) is 27.2. The van der Waals surface area contributed by atoms with E-state index in [0.717, 1.165) is 16.7 Å². The minimum atomic E-state index is -0.696. The molecule has 1 atom stereocenters. The number of likely N-dealkylation sites (N-methyl/N-ethyl adjacent to an activating group) is 1. The van der Waals surface area contributed by atoms with Gasteiger partial charge in [-0.15, -0.1) is 11.8 Å². The molecule has 0 saturated carbocycles. The predicted octanol–water partition coefficient (Wildman–Crippen LogP) is 5.26. The maximum atomic E-state index is 13.5. The van der Waals surface area contributed by atoms with Gasteiger partial charge in [-0.2, -0.15) is 0 Å². The lowest BCUT2D eigenvalue weighted by Gasteiger charge is -2.31. The van der Waals surface area contributed by atoms with E-state index in [1.165, 1.54) is 23.9 Å². The van der Waals surface area contributed by atoms with Gasteiger partial charge in [0.25, 0.3) is 5.69 Å². The number of nitrogens with zero attached hydrogens (tertiary/aromatic N) is 2. The van der Waals surface area contributed by atoms with Crippen LogP contribution in [-0.4, -0.2) is 40.0 Å². The van der Waals surface area contributed by atoms with E-state index in [1.807, 2.05) is 49.4 Å². The number of hydrogen-bond acceptors (Lipinski definition) is 5. The van der Waals surface area contributed by atoms with E-state index in [1.54, 1.807) is 29.2 Å². The molecule has 0 aromatic heterocycles. The first-order valence-corrected chi connectivity index (χ1v) is 13.1. The van der Waals surface area contributed by atoms with Crippen LogP contribution in [0.5, 0.6) is 0 Å². The number of carbonyl (C=O) groups excluding carboxylic acids is 2. The second-order valence-corrected chi connectivity index (χ2v) is 9.59. The van der Waals surface area contributed by atoms with Gasteiger partial charge in [0.1, 0.15) is 6.04 Å². The standard InChI is InChI=1S/C27H28ClN3O4S/c1-2-29-27(33)25(16-20-7-4-3-5-8-20)30(17-22-9-6-10-23(28)15-22)26(32)19-36-18-21-11-13-24(14-12-21)31(34)35/h3-15,25H,2,16-19H2,1H3,(H,29,33)/t25-/m1/s1. The summed E-state index contributed by atoms with van der Waals surface area (Å²) in [4.78, 5) is 38.7. The summed E-state index contributed by atoms with van der Waals surface area (Å²) in [6.45, 7) is 2.55. The normalized spacial score (nSPS) is 11.5. The predicted molar refractivity (Wildman–Crippen MR) is 144 cm³/mol. The van der Waals surface area contributed by atoms with Crippen molar-refractivity contribution in [2.75, 3.05) is 12.3 Å². The van der Waals surface area contributed by atoms with E-state index < -0.39 is 11.0 Å². The molecular formula is C27H28ClN3O4S. The molecule has 7 nitrogen and oxygen atoms in total. The van der Waals surface area contributed by atoms with Crippen molar-refractivity contribution in [1.82, 2.24) is 10.2 Å². The number of nitrogens with one attached hydrogen (secondary N) is 1. The van der Waals surface area contributed by atoms with Gasteiger partial charge in [0.2, 0.25) is 11.8 Å². The summed E-state index contributed by atoms with van der Waals surface area (Å²) in [7, 11) is 0. The molecule has 3 aromatic carbocycles. The van der Waals surface area contributed by atoms with Crippen molar-refractivity contribution in [3.05, 3.63) is 111 Å². The molecule has 9 heteroatoms. The van der Waals surface area contributed by atoms with E-state index in [4.69, 9.17) is 11.6 Å². The lowest BCUT2D eigenvalue weighted by molar-refractivity contribution is -0.384. The van der Waals surface area contributed by atoms with Crippen molar-refractivity contribution in [2.24, 2.45) is 0 Å². The molecule has 188 valence electrons. The quantitative estimate of drug-likeness (QED) is 0.257. The minimum absolute atomic E-state index is 0.0261. The van der Waals surface area contributed by atoms with E-state index in [9.17, 15) is 19.7 Å². The molecule has 3 rings (SSSR count). The first-order valence-electron chi connectivity index (χ1n) is 11.5. The number of thioether (sulfide) groups is 1. The molecule has 0 bridgehead atoms. The highest BCUT2D eigenvalue weighted by atomic mass is 35.5. The van der Waals surface area contributed by atoms with Crippen LogP contribution in [0.4, 0.5) is 5.69 Å². The molecule has 0 unspecified atom stereocenters. The van der Waals surface area contributed by atoms with Gasteiger partial charge in [0.15, 0.2) is 0 Å². The van der Waals surface area contributed by atoms with Crippen molar-refractivity contribution in [3.63, 3.8) is 0 Å². The van der Waals surface area contributed by atoms with Crippen LogP contribution in [0.3, 0.4) is 0 Å². The number of carbonyl (C=O) groups is 2. The lowest BCUT2D eigenvalue weighted by atomic mass is 10.0. The zero-order chi connectivity index (χ0) is 25.9. The van der Waals surface area contributed by atoms with Gasteiger partial charge < -0.3 is 10.2 Å². The Morgan fingerprint density at radius 3 is 2.33 bits per heavy atom. The smallest absolute Gasteiger partial charge is 0.269 e. The largest absolute Gasteiger partial charge is 0.355 e. The molecule has 0 spiro atoms. The van der Waals surface area contributed by atoms with E-state index in [-0.39, 0.29) is 29.8 Å². The summed E-state index contributed by atoms with van der Waals surface area (Å²) in [6, 6.07) is 22.5. The molecule has 36 heavy (non-hydrogen) atoms. The number of benzene rings is 3. The van der Waals surface area contributed by atoms with Gasteiger partial charge in [0, 0.05) is 42.4 Å². The van der Waals surface area contributed by atoms with Crippen LogP contribution >= 0.6 is 23.4 Å². The highest BCUT2D eigenvalue weighted by molar-refractivity contribution is 7.99. The van der Waals surface area contributed by atoms with Gasteiger partial charge in [-0.05, 0) is 35.7 Å². The molecule has 0 fully saturated rings. The third kappa shape index (κ3) is 8.10. The number of nitro groups is 1. The summed E-state index contributed by atoms with van der Waals surface area (Å²) >= 11 is 7.58. The molecule has 1 N–H and O–H groups in total. The topological polar surface area (TPSA) is 92.6 Å². The Bertz CT molecular complexity index is 1180. The van der Waals surface area contributed by atoms with Crippen LogP contribution in [-0.2, 0) is 28.3 Å². The van der Waals surface area contributed by atoms with E-state index >= 15 is 0 Å². The SMILES string of the molecule is CCNC(=O)[C@@H](Cc1ccccc1)N(Cc1cccc(Cl)c1)C(=O)CSCc1ccc([N+](=O)[O-])cc1. The van der Waals surface area contributed by atoms with Gasteiger partial charge >= 0.3 is 0 Å². The maximum absolute atomic E-state index is 13.5. The summed E-state index contributed by atoms with van der Waals surface area (Å²) in [6.07, 6.45) is 0.381. The van der Waals surface area contributed by atoms with Gasteiger partial charge in [-0.1, -0.05) is 66.2 Å². The number of rotatable bonds is 12. The summed E-state index contributed by atoms with van der Waals surface area (Å²) < 4.78 is 0. The minimum Gasteiger partial charge on any atom is -0.355 e. The molecule has 2 amide bonds. The van der Waals surface area contributed by atoms with Gasteiger partial charge in [0.05, 0.1) is 10.7 Å². The van der Waals surface area contributed by atoms with Crippen molar-refractivity contribution in [3.8, 4) is 0 Å². The second-order valence-electron chi connectivity index (χ2n) is 8.17. The van der Waals surface area contributed by atoms with Crippen LogP contribution < -0.4 is 5.32 Å². The molecule has 0 aliphatic carbocycles. The molecule has 0 aliphatic rings. The molecule has 0 saturated heterocycles. The number of non-ortho nitro benzene ring substituents is 1. The summed E-state index contributed by atoms with van der Waals surface area (Å²) in [5.41, 5.74) is 2.69. The number of nitro benzene ring substituents is 1. The van der Waals surface area contributed by atoms with E-state index in [0.29, 0.717) is 23.7 Å². The van der Waals surface area contributed by atoms with Gasteiger partial charge in [-0.3, -0.25) is 19.7 Å². The van der Waals surface area contributed by atoms with Crippen LogP contribution in [0.15, 0.2) is 78.9 Å². The molecule has 0 aliphatic heterocycles. The zero-order valence-electron chi connectivity index (χ0n) is 19.9. The highest BCUT2D eigenvalue weighted by Crippen LogP contribution is 2.21. The Morgan fingerprint density at radius 2 is 1.69 bits per heavy atom. The maximum Gasteiger partial charge on any atom is 0.269 e. The monoisotopic (exact) mass is 525 g/mol. The Balaban J connectivity index is 1.79. The van der Waals surface area contributed by atoms with Crippen LogP contribution in [0, 0.1) is 10.1 Å². The fraction of sp³-hybridized carbons (Fsp3) is 0.259. The zero-order valence-corrected chi connectivity index (χ0v) is 21.5. The van der Waals surface area contributed by atoms with Crippen LogP contribution in [0.25, 0.3) is 0 Å².